The molecule has 2 N–H and O–H groups in total. The van der Waals surface area contributed by atoms with E-state index < -0.39 is 17.7 Å². The molecule has 0 unspecified atom stereocenters. The molecule has 1 atom stereocenters. The molecule has 0 amide bonds. The van der Waals surface area contributed by atoms with Gasteiger partial charge in [-0.15, -0.1) is 0 Å². The molecule has 16 heavy (non-hydrogen) atoms. The molecule has 4 heteroatoms. The van der Waals surface area contributed by atoms with E-state index in [0.29, 0.717) is 5.56 Å². The summed E-state index contributed by atoms with van der Waals surface area (Å²) in [5.41, 5.74) is 7.26. The zero-order valence-electron chi connectivity index (χ0n) is 8.40. The Hall–Kier alpha value is -1.81. The van der Waals surface area contributed by atoms with Gasteiger partial charge in [0.1, 0.15) is 0 Å². The van der Waals surface area contributed by atoms with Crippen molar-refractivity contribution in [2.24, 2.45) is 5.73 Å². The first kappa shape index (κ1) is 10.7. The van der Waals surface area contributed by atoms with E-state index in [1.54, 1.807) is 24.5 Å². The zero-order valence-corrected chi connectivity index (χ0v) is 8.40. The van der Waals surface area contributed by atoms with Crippen LogP contribution in [0.1, 0.15) is 17.2 Å². The van der Waals surface area contributed by atoms with Gasteiger partial charge in [0, 0.05) is 12.4 Å². The SMILES string of the molecule is N[C@H](c1ccncc1)c1ccc(F)c(F)c1. The highest BCUT2D eigenvalue weighted by atomic mass is 19.2. The Morgan fingerprint density at radius 3 is 2.25 bits per heavy atom. The van der Waals surface area contributed by atoms with Gasteiger partial charge in [0.15, 0.2) is 11.6 Å². The van der Waals surface area contributed by atoms with Crippen LogP contribution in [0.5, 0.6) is 0 Å². The fourth-order valence-electron chi connectivity index (χ4n) is 1.47. The first-order chi connectivity index (χ1) is 7.68. The predicted octanol–water partition coefficient (Wildman–Crippen LogP) is 2.41. The van der Waals surface area contributed by atoms with Crippen molar-refractivity contribution < 1.29 is 8.78 Å². The van der Waals surface area contributed by atoms with E-state index in [1.165, 1.54) is 6.07 Å². The van der Waals surface area contributed by atoms with E-state index in [1.807, 2.05) is 0 Å². The Morgan fingerprint density at radius 2 is 1.62 bits per heavy atom. The fourth-order valence-corrected chi connectivity index (χ4v) is 1.47. The number of aromatic nitrogens is 1. The van der Waals surface area contributed by atoms with Crippen LogP contribution in [0.3, 0.4) is 0 Å². The smallest absolute Gasteiger partial charge is 0.159 e. The number of hydrogen-bond donors (Lipinski definition) is 1. The number of hydrogen-bond acceptors (Lipinski definition) is 2. The highest BCUT2D eigenvalue weighted by Gasteiger charge is 2.11. The molecule has 0 saturated carbocycles. The molecule has 2 rings (SSSR count). The Kier molecular flexibility index (Phi) is 2.92. The minimum Gasteiger partial charge on any atom is -0.320 e. The lowest BCUT2D eigenvalue weighted by atomic mass is 10.0. The molecule has 0 fully saturated rings. The van der Waals surface area contributed by atoms with Gasteiger partial charge >= 0.3 is 0 Å². The Bertz CT molecular complexity index is 486. The van der Waals surface area contributed by atoms with Gasteiger partial charge in [-0.25, -0.2) is 8.78 Å². The predicted molar refractivity (Wildman–Crippen MR) is 56.6 cm³/mol. The van der Waals surface area contributed by atoms with Crippen LogP contribution in [0.2, 0.25) is 0 Å². The van der Waals surface area contributed by atoms with Gasteiger partial charge < -0.3 is 5.73 Å². The third-order valence-corrected chi connectivity index (χ3v) is 2.37. The summed E-state index contributed by atoms with van der Waals surface area (Å²) in [5, 5.41) is 0. The minimum atomic E-state index is -0.887. The molecule has 0 bridgehead atoms. The van der Waals surface area contributed by atoms with Crippen molar-refractivity contribution in [3.8, 4) is 0 Å². The quantitative estimate of drug-likeness (QED) is 0.844. The van der Waals surface area contributed by atoms with Gasteiger partial charge in [0.05, 0.1) is 6.04 Å². The Morgan fingerprint density at radius 1 is 0.938 bits per heavy atom. The van der Waals surface area contributed by atoms with Crippen molar-refractivity contribution in [2.75, 3.05) is 0 Å². The van der Waals surface area contributed by atoms with E-state index in [4.69, 9.17) is 5.73 Å². The number of benzene rings is 1. The number of rotatable bonds is 2. The third kappa shape index (κ3) is 2.06. The van der Waals surface area contributed by atoms with Crippen molar-refractivity contribution in [1.29, 1.82) is 0 Å². The van der Waals surface area contributed by atoms with Crippen molar-refractivity contribution >= 4 is 0 Å². The van der Waals surface area contributed by atoms with Gasteiger partial charge in [-0.3, -0.25) is 4.98 Å². The molecule has 1 heterocycles. The number of pyridine rings is 1. The van der Waals surface area contributed by atoms with Gasteiger partial charge in [-0.1, -0.05) is 6.07 Å². The van der Waals surface area contributed by atoms with Crippen LogP contribution in [-0.2, 0) is 0 Å². The second-order valence-electron chi connectivity index (χ2n) is 3.43. The van der Waals surface area contributed by atoms with Gasteiger partial charge in [0.2, 0.25) is 0 Å². The summed E-state index contributed by atoms with van der Waals surface area (Å²) in [4.78, 5) is 3.86. The maximum Gasteiger partial charge on any atom is 0.159 e. The molecular formula is C12H10F2N2. The van der Waals surface area contributed by atoms with E-state index in [2.05, 4.69) is 4.98 Å². The van der Waals surface area contributed by atoms with E-state index in [0.717, 1.165) is 17.7 Å². The molecular weight excluding hydrogens is 210 g/mol. The second kappa shape index (κ2) is 4.37. The van der Waals surface area contributed by atoms with E-state index in [-0.39, 0.29) is 0 Å². The normalized spacial score (nSPS) is 12.4. The van der Waals surface area contributed by atoms with E-state index >= 15 is 0 Å². The van der Waals surface area contributed by atoms with Crippen molar-refractivity contribution in [3.05, 3.63) is 65.5 Å². The van der Waals surface area contributed by atoms with Crippen LogP contribution in [-0.4, -0.2) is 4.98 Å². The van der Waals surface area contributed by atoms with Crippen molar-refractivity contribution in [2.45, 2.75) is 6.04 Å². The number of nitrogens with zero attached hydrogens (tertiary/aromatic N) is 1. The summed E-state index contributed by atoms with van der Waals surface area (Å²) in [7, 11) is 0. The van der Waals surface area contributed by atoms with E-state index in [9.17, 15) is 8.78 Å². The summed E-state index contributed by atoms with van der Waals surface area (Å²) < 4.78 is 25.8. The van der Waals surface area contributed by atoms with Crippen LogP contribution < -0.4 is 5.73 Å². The van der Waals surface area contributed by atoms with Crippen LogP contribution in [0.25, 0.3) is 0 Å². The first-order valence-corrected chi connectivity index (χ1v) is 4.79. The van der Waals surface area contributed by atoms with Crippen LogP contribution in [0.4, 0.5) is 8.78 Å². The third-order valence-electron chi connectivity index (χ3n) is 2.37. The second-order valence-corrected chi connectivity index (χ2v) is 3.43. The molecule has 0 aliphatic heterocycles. The highest BCUT2D eigenvalue weighted by Crippen LogP contribution is 2.20. The van der Waals surface area contributed by atoms with Crippen LogP contribution in [0.15, 0.2) is 42.7 Å². The average molecular weight is 220 g/mol. The van der Waals surface area contributed by atoms with Crippen LogP contribution >= 0.6 is 0 Å². The summed E-state index contributed by atoms with van der Waals surface area (Å²) in [5.74, 6) is -1.76. The van der Waals surface area contributed by atoms with Crippen molar-refractivity contribution in [3.63, 3.8) is 0 Å². The molecule has 1 aromatic carbocycles. The molecule has 0 aliphatic carbocycles. The molecule has 0 saturated heterocycles. The average Bonchev–Trinajstić information content (AvgIpc) is 2.33. The molecule has 82 valence electrons. The molecule has 0 radical (unpaired) electrons. The van der Waals surface area contributed by atoms with Gasteiger partial charge in [-0.05, 0) is 35.4 Å². The highest BCUT2D eigenvalue weighted by molar-refractivity contribution is 5.30. The first-order valence-electron chi connectivity index (χ1n) is 4.79. The van der Waals surface area contributed by atoms with Gasteiger partial charge in [-0.2, -0.15) is 0 Å². The standard InChI is InChI=1S/C12H10F2N2/c13-10-2-1-9(7-11(10)14)12(15)8-3-5-16-6-4-8/h1-7,12H,15H2/t12-/m1/s1. The maximum absolute atomic E-state index is 13.0. The summed E-state index contributed by atoms with van der Waals surface area (Å²) in [6.07, 6.45) is 3.21. The summed E-state index contributed by atoms with van der Waals surface area (Å²) >= 11 is 0. The number of halogens is 2. The largest absolute Gasteiger partial charge is 0.320 e. The molecule has 0 spiro atoms. The van der Waals surface area contributed by atoms with Gasteiger partial charge in [0.25, 0.3) is 0 Å². The fraction of sp³-hybridized carbons (Fsp3) is 0.0833. The van der Waals surface area contributed by atoms with Crippen molar-refractivity contribution in [1.82, 2.24) is 4.98 Å². The summed E-state index contributed by atoms with van der Waals surface area (Å²) in [6.45, 7) is 0. The topological polar surface area (TPSA) is 38.9 Å². The zero-order chi connectivity index (χ0) is 11.5. The molecule has 1 aromatic heterocycles. The minimum absolute atomic E-state index is 0.474. The van der Waals surface area contributed by atoms with Crippen LogP contribution in [0, 0.1) is 11.6 Å². The maximum atomic E-state index is 13.0. The lowest BCUT2D eigenvalue weighted by Crippen LogP contribution is -2.12. The Balaban J connectivity index is 2.34. The lowest BCUT2D eigenvalue weighted by molar-refractivity contribution is 0.506. The Labute approximate surface area is 91.7 Å². The molecule has 0 aliphatic rings. The summed E-state index contributed by atoms with van der Waals surface area (Å²) in [6, 6.07) is 6.67. The number of nitrogens with two attached hydrogens (primary N) is 1. The monoisotopic (exact) mass is 220 g/mol. The molecule has 2 nitrogen and oxygen atoms in total. The lowest BCUT2D eigenvalue weighted by Gasteiger charge is -2.12. The molecule has 2 aromatic rings.